The molecule has 0 aromatic heterocycles. The fourth-order valence-electron chi connectivity index (χ4n) is 2.11. The van der Waals surface area contributed by atoms with Gasteiger partial charge in [0.15, 0.2) is 0 Å². The molecule has 0 atom stereocenters. The van der Waals surface area contributed by atoms with E-state index in [0.29, 0.717) is 18.7 Å². The van der Waals surface area contributed by atoms with E-state index < -0.39 is 15.9 Å². The second-order valence-corrected chi connectivity index (χ2v) is 7.88. The molecule has 2 aromatic carbocycles. The zero-order valence-electron chi connectivity index (χ0n) is 13.9. The van der Waals surface area contributed by atoms with Gasteiger partial charge in [-0.25, -0.2) is 13.1 Å². The van der Waals surface area contributed by atoms with Crippen LogP contribution in [0.1, 0.15) is 23.7 Å². The molecule has 0 fully saturated rings. The van der Waals surface area contributed by atoms with Gasteiger partial charge in [0.25, 0.3) is 5.91 Å². The van der Waals surface area contributed by atoms with Crippen LogP contribution < -0.4 is 14.8 Å². The summed E-state index contributed by atoms with van der Waals surface area (Å²) in [6.07, 6.45) is 0.657. The maximum atomic E-state index is 12.4. The second kappa shape index (κ2) is 8.46. The Morgan fingerprint density at radius 1 is 1.20 bits per heavy atom. The van der Waals surface area contributed by atoms with Gasteiger partial charge in [0.05, 0.1) is 7.11 Å². The number of sulfonamides is 1. The molecule has 2 aromatic rings. The molecule has 0 heterocycles. The lowest BCUT2D eigenvalue weighted by molar-refractivity contribution is 0.102. The van der Waals surface area contributed by atoms with Crippen LogP contribution in [0.4, 0.5) is 5.69 Å². The van der Waals surface area contributed by atoms with Gasteiger partial charge < -0.3 is 10.1 Å². The van der Waals surface area contributed by atoms with E-state index >= 15 is 0 Å². The van der Waals surface area contributed by atoms with Crippen LogP contribution in [0.15, 0.2) is 51.8 Å². The number of halogens is 1. The molecule has 0 spiro atoms. The molecule has 0 aliphatic carbocycles. The van der Waals surface area contributed by atoms with Crippen molar-refractivity contribution in [1.29, 1.82) is 0 Å². The monoisotopic (exact) mass is 426 g/mol. The average Bonchev–Trinajstić information content (AvgIpc) is 2.59. The molecule has 0 bridgehead atoms. The summed E-state index contributed by atoms with van der Waals surface area (Å²) in [6, 6.07) is 11.4. The zero-order valence-corrected chi connectivity index (χ0v) is 16.3. The first-order chi connectivity index (χ1) is 11.9. The number of anilines is 1. The third-order valence-corrected chi connectivity index (χ3v) is 5.32. The van der Waals surface area contributed by atoms with E-state index in [9.17, 15) is 13.2 Å². The van der Waals surface area contributed by atoms with Gasteiger partial charge in [-0.15, -0.1) is 0 Å². The number of rotatable bonds is 7. The van der Waals surface area contributed by atoms with Crippen LogP contribution in [0.25, 0.3) is 0 Å². The predicted molar refractivity (Wildman–Crippen MR) is 101 cm³/mol. The van der Waals surface area contributed by atoms with E-state index in [4.69, 9.17) is 4.74 Å². The summed E-state index contributed by atoms with van der Waals surface area (Å²) in [4.78, 5) is 12.4. The average molecular weight is 427 g/mol. The summed E-state index contributed by atoms with van der Waals surface area (Å²) in [7, 11) is -2.38. The molecule has 0 saturated carbocycles. The minimum absolute atomic E-state index is 0.0645. The van der Waals surface area contributed by atoms with Crippen molar-refractivity contribution in [2.45, 2.75) is 18.2 Å². The molecule has 2 N–H and O–H groups in total. The van der Waals surface area contributed by atoms with Crippen molar-refractivity contribution >= 4 is 37.5 Å². The maximum Gasteiger partial charge on any atom is 0.255 e. The Bertz CT molecular complexity index is 869. The van der Waals surface area contributed by atoms with E-state index in [0.717, 1.165) is 4.47 Å². The molecule has 8 heteroatoms. The number of carbonyl (C=O) groups is 1. The number of amides is 1. The first-order valence-electron chi connectivity index (χ1n) is 7.62. The summed E-state index contributed by atoms with van der Waals surface area (Å²) in [6.45, 7) is 2.17. The van der Waals surface area contributed by atoms with Gasteiger partial charge in [-0.2, -0.15) is 0 Å². The van der Waals surface area contributed by atoms with Gasteiger partial charge in [-0.05, 0) is 42.8 Å². The number of hydrogen-bond donors (Lipinski definition) is 2. The molecule has 0 aliphatic rings. The Morgan fingerprint density at radius 2 is 1.96 bits per heavy atom. The highest BCUT2D eigenvalue weighted by Crippen LogP contribution is 2.25. The van der Waals surface area contributed by atoms with Crippen molar-refractivity contribution in [1.82, 2.24) is 4.72 Å². The minimum Gasteiger partial charge on any atom is -0.495 e. The van der Waals surface area contributed by atoms with Crippen molar-refractivity contribution in [2.75, 3.05) is 19.0 Å². The Kier molecular flexibility index (Phi) is 6.57. The highest BCUT2D eigenvalue weighted by Gasteiger charge is 2.21. The van der Waals surface area contributed by atoms with E-state index in [2.05, 4.69) is 26.0 Å². The summed E-state index contributed by atoms with van der Waals surface area (Å²) in [5, 5.41) is 2.73. The Hall–Kier alpha value is -1.90. The molecule has 0 saturated heterocycles. The lowest BCUT2D eigenvalue weighted by Crippen LogP contribution is -2.25. The number of nitrogens with one attached hydrogen (secondary N) is 2. The minimum atomic E-state index is -3.76. The summed E-state index contributed by atoms with van der Waals surface area (Å²) >= 11 is 3.33. The molecular formula is C17H19BrN2O4S. The number of methoxy groups -OCH3 is 1. The molecular weight excluding hydrogens is 408 g/mol. The lowest BCUT2D eigenvalue weighted by Gasteiger charge is -2.12. The van der Waals surface area contributed by atoms with Crippen molar-refractivity contribution in [2.24, 2.45) is 0 Å². The van der Waals surface area contributed by atoms with Gasteiger partial charge in [0.1, 0.15) is 10.6 Å². The second-order valence-electron chi connectivity index (χ2n) is 5.23. The van der Waals surface area contributed by atoms with Gasteiger partial charge in [-0.1, -0.05) is 28.9 Å². The van der Waals surface area contributed by atoms with E-state index in [1.54, 1.807) is 18.2 Å². The molecule has 25 heavy (non-hydrogen) atoms. The van der Waals surface area contributed by atoms with Crippen molar-refractivity contribution < 1.29 is 17.9 Å². The summed E-state index contributed by atoms with van der Waals surface area (Å²) in [5.74, 6) is -0.227. The normalized spacial score (nSPS) is 11.2. The number of carbonyl (C=O) groups excluding carboxylic acids is 1. The fraction of sp³-hybridized carbons (Fsp3) is 0.235. The molecule has 2 rings (SSSR count). The largest absolute Gasteiger partial charge is 0.495 e. The van der Waals surface area contributed by atoms with Crippen LogP contribution in [-0.2, 0) is 10.0 Å². The highest BCUT2D eigenvalue weighted by atomic mass is 79.9. The molecule has 0 aliphatic heterocycles. The van der Waals surface area contributed by atoms with Crippen molar-refractivity contribution in [3.63, 3.8) is 0 Å². The van der Waals surface area contributed by atoms with E-state index in [-0.39, 0.29) is 16.2 Å². The van der Waals surface area contributed by atoms with Crippen LogP contribution in [0.5, 0.6) is 5.75 Å². The van der Waals surface area contributed by atoms with Crippen LogP contribution in [0.3, 0.4) is 0 Å². The van der Waals surface area contributed by atoms with Gasteiger partial charge in [0, 0.05) is 22.3 Å². The molecule has 134 valence electrons. The third kappa shape index (κ3) is 5.04. The summed E-state index contributed by atoms with van der Waals surface area (Å²) in [5.41, 5.74) is 0.821. The van der Waals surface area contributed by atoms with Crippen LogP contribution in [-0.4, -0.2) is 28.0 Å². The molecule has 6 nitrogen and oxygen atoms in total. The van der Waals surface area contributed by atoms with E-state index in [1.165, 1.54) is 25.3 Å². The van der Waals surface area contributed by atoms with Crippen molar-refractivity contribution in [3.8, 4) is 5.75 Å². The lowest BCUT2D eigenvalue weighted by atomic mass is 10.2. The molecule has 1 amide bonds. The van der Waals surface area contributed by atoms with Crippen LogP contribution in [0, 0.1) is 0 Å². The SMILES string of the molecule is CCCNS(=O)(=O)c1cc(C(=O)Nc2cccc(Br)c2)ccc1OC. The van der Waals surface area contributed by atoms with Gasteiger partial charge >= 0.3 is 0 Å². The zero-order chi connectivity index (χ0) is 18.4. The number of hydrogen-bond acceptors (Lipinski definition) is 4. The number of benzene rings is 2. The number of ether oxygens (including phenoxy) is 1. The highest BCUT2D eigenvalue weighted by molar-refractivity contribution is 9.10. The predicted octanol–water partition coefficient (Wildman–Crippen LogP) is 3.40. The van der Waals surface area contributed by atoms with E-state index in [1.807, 2.05) is 13.0 Å². The Balaban J connectivity index is 2.33. The first-order valence-corrected chi connectivity index (χ1v) is 9.89. The topological polar surface area (TPSA) is 84.5 Å². The fourth-order valence-corrected chi connectivity index (χ4v) is 3.84. The maximum absolute atomic E-state index is 12.4. The standard InChI is InChI=1S/C17H19BrN2O4S/c1-3-9-19-25(22,23)16-10-12(7-8-15(16)24-2)17(21)20-14-6-4-5-13(18)11-14/h4-8,10-11,19H,3,9H2,1-2H3,(H,20,21). The summed E-state index contributed by atoms with van der Waals surface area (Å²) < 4.78 is 33.3. The first kappa shape index (κ1) is 19.4. The quantitative estimate of drug-likeness (QED) is 0.710. The van der Waals surface area contributed by atoms with Crippen LogP contribution in [0.2, 0.25) is 0 Å². The Labute approximate surface area is 155 Å². The smallest absolute Gasteiger partial charge is 0.255 e. The third-order valence-electron chi connectivity index (χ3n) is 3.34. The molecule has 0 radical (unpaired) electrons. The van der Waals surface area contributed by atoms with Crippen molar-refractivity contribution in [3.05, 3.63) is 52.5 Å². The molecule has 0 unspecified atom stereocenters. The van der Waals surface area contributed by atoms with Gasteiger partial charge in [-0.3, -0.25) is 4.79 Å². The van der Waals surface area contributed by atoms with Gasteiger partial charge in [0.2, 0.25) is 10.0 Å². The van der Waals surface area contributed by atoms with Crippen LogP contribution >= 0.6 is 15.9 Å². The Morgan fingerprint density at radius 3 is 2.60 bits per heavy atom.